The monoisotopic (exact) mass is 244 g/mol. The summed E-state index contributed by atoms with van der Waals surface area (Å²) >= 11 is 3.73. The molecule has 0 radical (unpaired) electrons. The van der Waals surface area contributed by atoms with Gasteiger partial charge in [-0.1, -0.05) is 19.2 Å². The Morgan fingerprint density at radius 3 is 1.83 bits per heavy atom. The number of alkyl halides is 1. The number of hydrogen-bond donors (Lipinski definition) is 0. The molecule has 6 heavy (non-hydrogen) atoms. The summed E-state index contributed by atoms with van der Waals surface area (Å²) in [6.45, 7) is 0. The van der Waals surface area contributed by atoms with Crippen molar-refractivity contribution in [2.75, 3.05) is 4.93 Å². The minimum Gasteiger partial charge on any atom is -1.00 e. The summed E-state index contributed by atoms with van der Waals surface area (Å²) < 4.78 is 6.32. The summed E-state index contributed by atoms with van der Waals surface area (Å²) in [7, 11) is 2.56. The van der Waals surface area contributed by atoms with Gasteiger partial charge in [-0.05, 0) is 8.02 Å². The average molecular weight is 244 g/mol. The van der Waals surface area contributed by atoms with E-state index in [2.05, 4.69) is 19.8 Å². The predicted molar refractivity (Wildman–Crippen MR) is 29.7 cm³/mol. The Balaban J connectivity index is -0.0000000105. The molecule has 4 heteroatoms. The smallest absolute Gasteiger partial charge is 1.00 e. The van der Waals surface area contributed by atoms with E-state index in [0.29, 0.717) is 0 Å². The van der Waals surface area contributed by atoms with E-state index < -0.39 is 0 Å². The van der Waals surface area contributed by atoms with Crippen LogP contribution in [0.5, 0.6) is 0 Å². The van der Waals surface area contributed by atoms with Gasteiger partial charge < -0.3 is 4.70 Å². The third kappa shape index (κ3) is 65.0. The van der Waals surface area contributed by atoms with E-state index in [0.717, 1.165) is 0 Å². The third-order valence-corrected chi connectivity index (χ3v) is 0. The van der Waals surface area contributed by atoms with Crippen molar-refractivity contribution in [1.29, 1.82) is 0.594 Å². The molecule has 0 unspecified atom stereocenters. The normalized spacial score (nSPS) is 4.50. The van der Waals surface area contributed by atoms with Gasteiger partial charge in [-0.15, -0.1) is 0 Å². The van der Waals surface area contributed by atoms with E-state index >= 15 is 0 Å². The molecule has 0 atom stereocenters. The quantitative estimate of drug-likeness (QED) is 0.234. The maximum absolute atomic E-state index is 6.32. The fourth-order valence-corrected chi connectivity index (χ4v) is 0. The number of halogens is 2. The van der Waals surface area contributed by atoms with Gasteiger partial charge in [0.05, 0.1) is 0 Å². The molecule has 0 fully saturated rings. The molecule has 44 valence electrons. The van der Waals surface area contributed by atoms with E-state index in [4.69, 9.17) is 0.594 Å². The number of hydrogen-bond acceptors (Lipinski definition) is 1. The fourth-order valence-electron chi connectivity index (χ4n) is 0. The van der Waals surface area contributed by atoms with Crippen molar-refractivity contribution in [2.24, 2.45) is 0 Å². The Bertz CT molecular complexity index is 21.7. The Labute approximate surface area is 59.9 Å². The van der Waals surface area contributed by atoms with E-state index in [1.165, 1.54) is 0 Å². The Morgan fingerprint density at radius 1 is 1.83 bits per heavy atom. The van der Waals surface area contributed by atoms with Crippen LogP contribution in [-0.4, -0.2) is 5.52 Å². The van der Waals surface area contributed by atoms with Crippen molar-refractivity contribution in [3.8, 4) is 0 Å². The van der Waals surface area contributed by atoms with Crippen LogP contribution in [0, 0.1) is 0 Å². The van der Waals surface area contributed by atoms with Crippen molar-refractivity contribution in [3.05, 3.63) is 0 Å². The zero-order valence-electron chi connectivity index (χ0n) is 3.66. The summed E-state index contributed by atoms with van der Waals surface area (Å²) in [6.07, 6.45) is 0. The van der Waals surface area contributed by atoms with Gasteiger partial charge in [0.25, 0.3) is 0 Å². The molecule has 0 aromatic carbocycles. The van der Waals surface area contributed by atoms with Crippen LogP contribution in [0.4, 0.5) is 0 Å². The first-order valence-corrected chi connectivity index (χ1v) is 4.37. The van der Waals surface area contributed by atoms with Gasteiger partial charge in [0.2, 0.25) is 0 Å². The van der Waals surface area contributed by atoms with Gasteiger partial charge >= 0.3 is 27.9 Å². The van der Waals surface area contributed by atoms with Crippen LogP contribution < -0.4 is 27.1 Å². The van der Waals surface area contributed by atoms with Crippen LogP contribution in [-0.2, 0) is 11.8 Å². The van der Waals surface area contributed by atoms with Crippen molar-refractivity contribution >= 4 is 19.8 Å². The van der Waals surface area contributed by atoms with Gasteiger partial charge in [0.1, 0.15) is 0 Å². The van der Waals surface area contributed by atoms with E-state index in [1.807, 2.05) is 4.93 Å². The minimum absolute atomic E-state index is 0. The van der Waals surface area contributed by atoms with Gasteiger partial charge in [-0.3, -0.25) is 0 Å². The summed E-state index contributed by atoms with van der Waals surface area (Å²) in [4.78, 5) is 1.90. The molecule has 0 heterocycles. The Morgan fingerprint density at radius 2 is 1.83 bits per heavy atom. The van der Waals surface area contributed by atoms with Crippen LogP contribution in [0.1, 0.15) is 7.43 Å². The molecule has 0 bridgehead atoms. The molecule has 0 aromatic heterocycles. The van der Waals surface area contributed by atoms with Gasteiger partial charge in [0, 0.05) is 0 Å². The summed E-state index contributed by atoms with van der Waals surface area (Å²) in [5.41, 5.74) is 0. The zero-order valence-corrected chi connectivity index (χ0v) is 6.64. The predicted octanol–water partition coefficient (Wildman–Crippen LogP) is -4.87. The van der Waals surface area contributed by atoms with Gasteiger partial charge in [-0.25, -0.2) is 0 Å². The molecule has 0 aliphatic rings. The van der Waals surface area contributed by atoms with E-state index in [1.54, 1.807) is 0 Å². The standard InChI is InChI=1S/CH4I.CH4.FH.HPS/c1-2;;;1-2/h2H,1H3;1H4;1H;1H/q-1;;;/p-1/i2T;;;. The average Bonchev–Trinajstić information content (AvgIpc) is 1.46. The molecule has 0 aliphatic carbocycles. The molecule has 0 saturated carbocycles. The first-order chi connectivity index (χ1) is 2.41. The van der Waals surface area contributed by atoms with Crippen LogP contribution in [0.3, 0.4) is 0 Å². The maximum Gasteiger partial charge on any atom is -1.00 e. The molecule has 0 saturated heterocycles. The first-order valence-electron chi connectivity index (χ1n) is 0.960. The molecule has 0 amide bonds. The van der Waals surface area contributed by atoms with E-state index in [-0.39, 0.29) is 34.5 Å². The Hall–Kier alpha value is 1.18. The van der Waals surface area contributed by atoms with Gasteiger partial charge in [0.15, 0.2) is 0 Å². The Kier molecular flexibility index (Phi) is 312. The SMILES string of the molecule is C.P=S.[3H][I-]C.[F-]. The summed E-state index contributed by atoms with van der Waals surface area (Å²) in [5.74, 6) is 0. The first kappa shape index (κ1) is 15.7. The van der Waals surface area contributed by atoms with Crippen LogP contribution in [0.2, 0.25) is 0 Å². The van der Waals surface area contributed by atoms with Crippen molar-refractivity contribution in [2.45, 2.75) is 7.43 Å². The number of rotatable bonds is 0. The van der Waals surface area contributed by atoms with Gasteiger partial charge in [-0.2, -0.15) is 0 Å². The van der Waals surface area contributed by atoms with Crippen LogP contribution in [0.15, 0.2) is 0 Å². The zero-order chi connectivity index (χ0) is 4.71. The second kappa shape index (κ2) is 119. The second-order valence-corrected chi connectivity index (χ2v) is 0. The van der Waals surface area contributed by atoms with E-state index in [9.17, 15) is 0 Å². The summed E-state index contributed by atoms with van der Waals surface area (Å²) in [6, 6.07) is 0. The topological polar surface area (TPSA) is 0 Å². The fraction of sp³-hybridized carbons (Fsp3) is 1.00. The second-order valence-electron chi connectivity index (χ2n) is 0. The molecular formula is C2H9FIPS-2. The molecule has 0 rings (SSSR count). The van der Waals surface area contributed by atoms with Crippen molar-refractivity contribution < 1.29 is 27.1 Å². The molecule has 0 nitrogen and oxygen atoms in total. The molecular weight excluding hydrogens is 233 g/mol. The molecule has 0 aliphatic heterocycles. The molecule has 0 spiro atoms. The van der Waals surface area contributed by atoms with Crippen molar-refractivity contribution in [3.63, 3.8) is 0 Å². The van der Waals surface area contributed by atoms with Crippen molar-refractivity contribution in [1.82, 2.24) is 0 Å². The van der Waals surface area contributed by atoms with Crippen LogP contribution in [0.25, 0.3) is 0 Å². The molecule has 0 aromatic rings. The van der Waals surface area contributed by atoms with Crippen LogP contribution >= 0.6 is 8.02 Å². The maximum atomic E-state index is 6.32. The third-order valence-electron chi connectivity index (χ3n) is 0. The summed E-state index contributed by atoms with van der Waals surface area (Å²) in [5, 5.41) is 0. The minimum atomic E-state index is -0.160. The largest absolute Gasteiger partial charge is 1.00 e. The molecule has 0 N–H and O–H groups in total.